The molecule has 5 heteroatoms. The lowest BCUT2D eigenvalue weighted by atomic mass is 9.84. The van der Waals surface area contributed by atoms with Gasteiger partial charge in [-0.25, -0.2) is 0 Å². The molecule has 0 saturated carbocycles. The fraction of sp³-hybridized carbons (Fsp3) is 0.700. The Morgan fingerprint density at radius 1 is 1.16 bits per heavy atom. The maximum Gasteiger partial charge on any atom is 0.222 e. The van der Waals surface area contributed by atoms with Crippen molar-refractivity contribution >= 4 is 5.91 Å². The van der Waals surface area contributed by atoms with E-state index in [1.165, 1.54) is 31.5 Å². The standard InChI is InChI=1S/C20H31N3O2/c1-2-5-19(24)23-14-8-20(9-15-23,18-6-10-21-11-7-18)25-17-16-22-12-3-4-13-22/h6-7,10-11H,2-5,8-9,12-17H2,1H3. The molecule has 3 rings (SSSR count). The largest absolute Gasteiger partial charge is 0.369 e. The molecule has 0 N–H and O–H groups in total. The summed E-state index contributed by atoms with van der Waals surface area (Å²) >= 11 is 0. The maximum atomic E-state index is 12.2. The van der Waals surface area contributed by atoms with Gasteiger partial charge in [-0.1, -0.05) is 6.92 Å². The third kappa shape index (κ3) is 4.59. The molecule has 2 aliphatic heterocycles. The number of piperidine rings is 1. The molecule has 0 aliphatic carbocycles. The minimum absolute atomic E-state index is 0.272. The smallest absolute Gasteiger partial charge is 0.222 e. The van der Waals surface area contributed by atoms with Crippen LogP contribution in [0.25, 0.3) is 0 Å². The van der Waals surface area contributed by atoms with Crippen LogP contribution in [-0.2, 0) is 15.1 Å². The van der Waals surface area contributed by atoms with Crippen LogP contribution in [0.1, 0.15) is 51.0 Å². The summed E-state index contributed by atoms with van der Waals surface area (Å²) in [6.07, 6.45) is 9.60. The topological polar surface area (TPSA) is 45.7 Å². The quantitative estimate of drug-likeness (QED) is 0.762. The van der Waals surface area contributed by atoms with Crippen LogP contribution in [0, 0.1) is 0 Å². The Bertz CT molecular complexity index is 535. The average Bonchev–Trinajstić information content (AvgIpc) is 3.17. The normalized spacial score (nSPS) is 20.8. The number of aromatic nitrogens is 1. The van der Waals surface area contributed by atoms with E-state index < -0.39 is 0 Å². The van der Waals surface area contributed by atoms with Gasteiger partial charge in [0.05, 0.1) is 12.2 Å². The molecular formula is C20H31N3O2. The Kier molecular flexibility index (Phi) is 6.43. The SMILES string of the molecule is CCCC(=O)N1CCC(OCCN2CCCC2)(c2ccncc2)CC1. The molecule has 0 atom stereocenters. The van der Waals surface area contributed by atoms with Gasteiger partial charge in [-0.15, -0.1) is 0 Å². The molecular weight excluding hydrogens is 314 g/mol. The van der Waals surface area contributed by atoms with Crippen LogP contribution in [0.15, 0.2) is 24.5 Å². The minimum atomic E-state index is -0.272. The van der Waals surface area contributed by atoms with Crippen molar-refractivity contribution in [1.29, 1.82) is 0 Å². The van der Waals surface area contributed by atoms with Crippen LogP contribution < -0.4 is 0 Å². The number of pyridine rings is 1. The molecule has 138 valence electrons. The van der Waals surface area contributed by atoms with Crippen molar-refractivity contribution in [3.63, 3.8) is 0 Å². The van der Waals surface area contributed by atoms with Crippen molar-refractivity contribution in [2.75, 3.05) is 39.3 Å². The molecule has 0 radical (unpaired) electrons. The van der Waals surface area contributed by atoms with Gasteiger partial charge in [0.1, 0.15) is 0 Å². The number of hydrogen-bond donors (Lipinski definition) is 0. The Labute approximate surface area is 151 Å². The van der Waals surface area contributed by atoms with Crippen LogP contribution in [-0.4, -0.2) is 60.0 Å². The Morgan fingerprint density at radius 3 is 2.48 bits per heavy atom. The fourth-order valence-electron chi connectivity index (χ4n) is 4.04. The van der Waals surface area contributed by atoms with Gasteiger partial charge in [-0.05, 0) is 62.9 Å². The van der Waals surface area contributed by atoms with Gasteiger partial charge in [0.25, 0.3) is 0 Å². The summed E-state index contributed by atoms with van der Waals surface area (Å²) < 4.78 is 6.50. The summed E-state index contributed by atoms with van der Waals surface area (Å²) in [6, 6.07) is 4.14. The zero-order chi connectivity index (χ0) is 17.5. The molecule has 1 aromatic rings. The molecule has 5 nitrogen and oxygen atoms in total. The van der Waals surface area contributed by atoms with Gasteiger partial charge < -0.3 is 14.5 Å². The lowest BCUT2D eigenvalue weighted by Crippen LogP contribution is -2.47. The Morgan fingerprint density at radius 2 is 1.84 bits per heavy atom. The summed E-state index contributed by atoms with van der Waals surface area (Å²) in [5.74, 6) is 0.280. The molecule has 0 spiro atoms. The van der Waals surface area contributed by atoms with Crippen LogP contribution >= 0.6 is 0 Å². The number of carbonyl (C=O) groups excluding carboxylic acids is 1. The van der Waals surface area contributed by atoms with Gasteiger partial charge >= 0.3 is 0 Å². The maximum absolute atomic E-state index is 12.2. The van der Waals surface area contributed by atoms with Gasteiger partial charge in [-0.3, -0.25) is 9.78 Å². The van der Waals surface area contributed by atoms with E-state index in [2.05, 4.69) is 28.9 Å². The number of ether oxygens (including phenoxy) is 1. The van der Waals surface area contributed by atoms with E-state index in [9.17, 15) is 4.79 Å². The third-order valence-corrected chi connectivity index (χ3v) is 5.58. The second-order valence-corrected chi connectivity index (χ2v) is 7.26. The van der Waals surface area contributed by atoms with E-state index >= 15 is 0 Å². The van der Waals surface area contributed by atoms with Gasteiger partial charge in [0.15, 0.2) is 0 Å². The van der Waals surface area contributed by atoms with Crippen molar-refractivity contribution < 1.29 is 9.53 Å². The molecule has 0 bridgehead atoms. The second kappa shape index (κ2) is 8.77. The van der Waals surface area contributed by atoms with Crippen LogP contribution in [0.3, 0.4) is 0 Å². The summed E-state index contributed by atoms with van der Waals surface area (Å²) in [5, 5.41) is 0. The zero-order valence-corrected chi connectivity index (χ0v) is 15.5. The van der Waals surface area contributed by atoms with Gasteiger partial charge in [0.2, 0.25) is 5.91 Å². The first-order valence-electron chi connectivity index (χ1n) is 9.78. The van der Waals surface area contributed by atoms with Crippen molar-refractivity contribution in [3.05, 3.63) is 30.1 Å². The third-order valence-electron chi connectivity index (χ3n) is 5.58. The van der Waals surface area contributed by atoms with E-state index in [1.807, 2.05) is 17.3 Å². The number of hydrogen-bond acceptors (Lipinski definition) is 4. The van der Waals surface area contributed by atoms with Gasteiger partial charge in [0, 0.05) is 38.4 Å². The summed E-state index contributed by atoms with van der Waals surface area (Å²) in [5.41, 5.74) is 0.928. The molecule has 2 fully saturated rings. The Hall–Kier alpha value is -1.46. The molecule has 0 unspecified atom stereocenters. The molecule has 2 saturated heterocycles. The predicted octanol–water partition coefficient (Wildman–Crippen LogP) is 2.81. The highest BCUT2D eigenvalue weighted by Gasteiger charge is 2.38. The van der Waals surface area contributed by atoms with Crippen LogP contribution in [0.4, 0.5) is 0 Å². The highest BCUT2D eigenvalue weighted by molar-refractivity contribution is 5.76. The molecule has 1 amide bonds. The molecule has 3 heterocycles. The van der Waals surface area contributed by atoms with Crippen molar-refractivity contribution in [1.82, 2.24) is 14.8 Å². The second-order valence-electron chi connectivity index (χ2n) is 7.26. The number of carbonyl (C=O) groups is 1. The van der Waals surface area contributed by atoms with Crippen molar-refractivity contribution in [2.45, 2.75) is 51.0 Å². The predicted molar refractivity (Wildman–Crippen MR) is 98.3 cm³/mol. The summed E-state index contributed by atoms with van der Waals surface area (Å²) in [6.45, 7) is 7.78. The lowest BCUT2D eigenvalue weighted by Gasteiger charge is -2.42. The lowest BCUT2D eigenvalue weighted by molar-refractivity contribution is -0.140. The molecule has 25 heavy (non-hydrogen) atoms. The van der Waals surface area contributed by atoms with Gasteiger partial charge in [-0.2, -0.15) is 0 Å². The summed E-state index contributed by atoms with van der Waals surface area (Å²) in [4.78, 5) is 20.8. The number of amides is 1. The zero-order valence-electron chi connectivity index (χ0n) is 15.5. The first kappa shape index (κ1) is 18.3. The summed E-state index contributed by atoms with van der Waals surface area (Å²) in [7, 11) is 0. The van der Waals surface area contributed by atoms with E-state index in [0.717, 1.165) is 45.5 Å². The van der Waals surface area contributed by atoms with E-state index in [4.69, 9.17) is 4.74 Å². The molecule has 2 aliphatic rings. The van der Waals surface area contributed by atoms with E-state index in [0.29, 0.717) is 6.42 Å². The highest BCUT2D eigenvalue weighted by atomic mass is 16.5. The van der Waals surface area contributed by atoms with E-state index in [-0.39, 0.29) is 11.5 Å². The Balaban J connectivity index is 1.63. The molecule has 0 aromatic carbocycles. The molecule has 1 aromatic heterocycles. The van der Waals surface area contributed by atoms with Crippen LogP contribution in [0.2, 0.25) is 0 Å². The average molecular weight is 345 g/mol. The highest BCUT2D eigenvalue weighted by Crippen LogP contribution is 2.36. The monoisotopic (exact) mass is 345 g/mol. The van der Waals surface area contributed by atoms with E-state index in [1.54, 1.807) is 0 Å². The number of nitrogens with zero attached hydrogens (tertiary/aromatic N) is 3. The van der Waals surface area contributed by atoms with Crippen molar-refractivity contribution in [2.24, 2.45) is 0 Å². The van der Waals surface area contributed by atoms with Crippen molar-refractivity contribution in [3.8, 4) is 0 Å². The van der Waals surface area contributed by atoms with Crippen LogP contribution in [0.5, 0.6) is 0 Å². The fourth-order valence-corrected chi connectivity index (χ4v) is 4.04. The number of likely N-dealkylation sites (tertiary alicyclic amines) is 2. The first-order chi connectivity index (χ1) is 12.2. The minimum Gasteiger partial charge on any atom is -0.369 e. The first-order valence-corrected chi connectivity index (χ1v) is 9.78. The number of rotatable bonds is 7.